The van der Waals surface area contributed by atoms with Gasteiger partial charge in [0.1, 0.15) is 5.82 Å². The summed E-state index contributed by atoms with van der Waals surface area (Å²) in [5, 5.41) is 2.89. The van der Waals surface area contributed by atoms with Crippen molar-refractivity contribution in [1.82, 2.24) is 5.32 Å². The Labute approximate surface area is 256 Å². The number of Topliss-reactive ketones (excluding diaryl/α,β-unsaturated/α-hetero) is 1. The first-order valence-corrected chi connectivity index (χ1v) is 16.2. The third-order valence-electron chi connectivity index (χ3n) is 6.63. The van der Waals surface area contributed by atoms with Gasteiger partial charge in [-0.1, -0.05) is 24.3 Å². The Morgan fingerprint density at radius 3 is 2.34 bits per heavy atom. The standard InChI is InChI=1S/C30H40Cl2FN3O4S/c1-3-40-30(39)23(11-16-41-2)20-28(37)27(35-29(38)26(34)18-21-7-9-24(33)10-8-21)19-22-5-4-6-25(17-22)36(14-12-31)15-13-32/h4-10,17,23,26-27H,3,11-16,18-20,34H2,1-2H3,(H,35,38)/p+1/t23-,26+,27+/m1/s1. The Morgan fingerprint density at radius 2 is 1.73 bits per heavy atom. The van der Waals surface area contributed by atoms with Crippen LogP contribution in [-0.4, -0.2) is 73.2 Å². The average Bonchev–Trinajstić information content (AvgIpc) is 2.96. The van der Waals surface area contributed by atoms with Gasteiger partial charge in [-0.2, -0.15) is 11.8 Å². The summed E-state index contributed by atoms with van der Waals surface area (Å²) < 4.78 is 18.5. The molecule has 0 aromatic heterocycles. The molecule has 1 amide bonds. The van der Waals surface area contributed by atoms with Gasteiger partial charge in [-0.3, -0.25) is 14.4 Å². The first-order valence-electron chi connectivity index (χ1n) is 13.7. The highest BCUT2D eigenvalue weighted by Crippen LogP contribution is 2.21. The molecule has 0 radical (unpaired) electrons. The number of anilines is 1. The molecular weight excluding hydrogens is 588 g/mol. The fourth-order valence-electron chi connectivity index (χ4n) is 4.43. The molecule has 0 saturated carbocycles. The number of amides is 1. The molecule has 3 atom stereocenters. The lowest BCUT2D eigenvalue weighted by Gasteiger charge is -2.25. The Morgan fingerprint density at radius 1 is 1.05 bits per heavy atom. The summed E-state index contributed by atoms with van der Waals surface area (Å²) in [5.41, 5.74) is 6.49. The first-order chi connectivity index (χ1) is 19.7. The maximum absolute atomic E-state index is 13.7. The summed E-state index contributed by atoms with van der Waals surface area (Å²) in [4.78, 5) is 41.6. The molecule has 0 spiro atoms. The van der Waals surface area contributed by atoms with Crippen LogP contribution in [0.15, 0.2) is 48.5 Å². The average molecular weight is 630 g/mol. The maximum Gasteiger partial charge on any atom is 0.309 e. The number of nitrogens with zero attached hydrogens (tertiary/aromatic N) is 1. The van der Waals surface area contributed by atoms with E-state index in [4.69, 9.17) is 27.9 Å². The van der Waals surface area contributed by atoms with Gasteiger partial charge in [0.25, 0.3) is 5.91 Å². The Hall–Kier alpha value is -2.33. The summed E-state index contributed by atoms with van der Waals surface area (Å²) in [7, 11) is 0. The van der Waals surface area contributed by atoms with Gasteiger partial charge in [0, 0.05) is 43.4 Å². The second-order valence-corrected chi connectivity index (χ2v) is 11.5. The summed E-state index contributed by atoms with van der Waals surface area (Å²) >= 11 is 13.6. The quantitative estimate of drug-likeness (QED) is 0.181. The van der Waals surface area contributed by atoms with Gasteiger partial charge < -0.3 is 20.7 Å². The van der Waals surface area contributed by atoms with Crippen molar-refractivity contribution >= 4 is 58.3 Å². The molecule has 0 unspecified atom stereocenters. The number of alkyl halides is 2. The van der Waals surface area contributed by atoms with E-state index in [9.17, 15) is 18.8 Å². The van der Waals surface area contributed by atoms with E-state index in [2.05, 4.69) is 16.0 Å². The molecule has 4 N–H and O–H groups in total. The number of hydrogen-bond acceptors (Lipinski definition) is 6. The Bertz CT molecular complexity index is 1100. The van der Waals surface area contributed by atoms with E-state index in [-0.39, 0.29) is 37.5 Å². The van der Waals surface area contributed by atoms with Crippen LogP contribution in [0.25, 0.3) is 0 Å². The van der Waals surface area contributed by atoms with E-state index in [1.165, 1.54) is 12.1 Å². The second kappa shape index (κ2) is 19.0. The van der Waals surface area contributed by atoms with Gasteiger partial charge in [-0.15, -0.1) is 23.2 Å². The van der Waals surface area contributed by atoms with Gasteiger partial charge in [0.15, 0.2) is 11.8 Å². The van der Waals surface area contributed by atoms with Crippen LogP contribution >= 0.6 is 35.0 Å². The predicted octanol–water partition coefficient (Wildman–Crippen LogP) is 3.88. The number of thioether (sulfide) groups is 1. The minimum Gasteiger partial charge on any atom is -0.466 e. The Kier molecular flexibility index (Phi) is 16.1. The van der Waals surface area contributed by atoms with Crippen LogP contribution in [0.4, 0.5) is 10.1 Å². The van der Waals surface area contributed by atoms with Gasteiger partial charge >= 0.3 is 5.97 Å². The molecule has 11 heteroatoms. The van der Waals surface area contributed by atoms with E-state index < -0.39 is 29.9 Å². The van der Waals surface area contributed by atoms with Crippen LogP contribution in [-0.2, 0) is 32.0 Å². The molecule has 0 aliphatic heterocycles. The highest BCUT2D eigenvalue weighted by Gasteiger charge is 2.30. The van der Waals surface area contributed by atoms with Crippen molar-refractivity contribution in [3.05, 3.63) is 65.5 Å². The number of rotatable bonds is 19. The molecule has 41 heavy (non-hydrogen) atoms. The number of hydrogen-bond donors (Lipinski definition) is 2. The van der Waals surface area contributed by atoms with Crippen molar-refractivity contribution in [3.8, 4) is 0 Å². The lowest BCUT2D eigenvalue weighted by molar-refractivity contribution is -0.403. The molecule has 0 heterocycles. The van der Waals surface area contributed by atoms with Crippen LogP contribution in [0.1, 0.15) is 30.9 Å². The van der Waals surface area contributed by atoms with Crippen LogP contribution in [0, 0.1) is 11.7 Å². The fourth-order valence-corrected chi connectivity index (χ4v) is 5.36. The zero-order valence-corrected chi connectivity index (χ0v) is 26.1. The molecule has 2 aromatic rings. The number of halogens is 3. The lowest BCUT2D eigenvalue weighted by Crippen LogP contribution is -2.69. The van der Waals surface area contributed by atoms with Crippen molar-refractivity contribution in [2.45, 2.75) is 44.7 Å². The van der Waals surface area contributed by atoms with Crippen LogP contribution in [0.5, 0.6) is 0 Å². The largest absolute Gasteiger partial charge is 0.466 e. The molecular formula is C30H41Cl2FN3O4S+. The SMILES string of the molecule is CCOC(=O)[C@H](CCSC)CC(=O)[C@H](Cc1cccc(N(CCCl)CCCl)c1)NC(=O)[C@@H]([NH3+])Cc1ccc(F)cc1. The van der Waals surface area contributed by atoms with Gasteiger partial charge in [0.05, 0.1) is 18.6 Å². The van der Waals surface area contributed by atoms with E-state index in [1.807, 2.05) is 30.5 Å². The minimum atomic E-state index is -0.879. The van der Waals surface area contributed by atoms with Crippen molar-refractivity contribution in [2.24, 2.45) is 5.92 Å². The molecule has 7 nitrogen and oxygen atoms in total. The van der Waals surface area contributed by atoms with E-state index in [1.54, 1.807) is 30.8 Å². The summed E-state index contributed by atoms with van der Waals surface area (Å²) in [6.45, 7) is 3.18. The van der Waals surface area contributed by atoms with Gasteiger partial charge in [-0.25, -0.2) is 4.39 Å². The predicted molar refractivity (Wildman–Crippen MR) is 165 cm³/mol. The highest BCUT2D eigenvalue weighted by molar-refractivity contribution is 7.98. The van der Waals surface area contributed by atoms with Crippen LogP contribution in [0.2, 0.25) is 0 Å². The molecule has 2 rings (SSSR count). The maximum atomic E-state index is 13.7. The van der Waals surface area contributed by atoms with E-state index >= 15 is 0 Å². The zero-order valence-electron chi connectivity index (χ0n) is 23.8. The van der Waals surface area contributed by atoms with Gasteiger partial charge in [0.2, 0.25) is 0 Å². The molecule has 0 saturated heterocycles. The molecule has 226 valence electrons. The van der Waals surface area contributed by atoms with E-state index in [0.29, 0.717) is 37.0 Å². The smallest absolute Gasteiger partial charge is 0.309 e. The van der Waals surface area contributed by atoms with Crippen molar-refractivity contribution in [1.29, 1.82) is 0 Å². The number of ketones is 1. The fraction of sp³-hybridized carbons (Fsp3) is 0.500. The number of carbonyl (C=O) groups excluding carboxylic acids is 3. The van der Waals surface area contributed by atoms with Crippen LogP contribution in [0.3, 0.4) is 0 Å². The molecule has 0 aliphatic carbocycles. The number of quaternary nitrogens is 1. The van der Waals surface area contributed by atoms with Crippen molar-refractivity contribution in [3.63, 3.8) is 0 Å². The lowest BCUT2D eigenvalue weighted by atomic mass is 9.92. The second-order valence-electron chi connectivity index (χ2n) is 9.73. The van der Waals surface area contributed by atoms with Gasteiger partial charge in [-0.05, 0) is 67.2 Å². The summed E-state index contributed by atoms with van der Waals surface area (Å²) in [6, 6.07) is 12.0. The first kappa shape index (κ1) is 34.9. The number of esters is 1. The highest BCUT2D eigenvalue weighted by atomic mass is 35.5. The molecule has 0 bridgehead atoms. The minimum absolute atomic E-state index is 0.0472. The van der Waals surface area contributed by atoms with Crippen LogP contribution < -0.4 is 16.0 Å². The topological polar surface area (TPSA) is 103 Å². The molecule has 2 aromatic carbocycles. The van der Waals surface area contributed by atoms with E-state index in [0.717, 1.165) is 16.8 Å². The number of ether oxygens (including phenoxy) is 1. The number of carbonyl (C=O) groups is 3. The third-order valence-corrected chi connectivity index (χ3v) is 7.62. The number of nitrogens with one attached hydrogen (secondary N) is 1. The molecule has 0 fully saturated rings. The summed E-state index contributed by atoms with van der Waals surface area (Å²) in [6.07, 6.45) is 2.90. The van der Waals surface area contributed by atoms with Crippen molar-refractivity contribution < 1.29 is 29.2 Å². The number of benzene rings is 2. The zero-order chi connectivity index (χ0) is 30.2. The monoisotopic (exact) mass is 628 g/mol. The third kappa shape index (κ3) is 12.2. The Balaban J connectivity index is 2.29. The summed E-state index contributed by atoms with van der Waals surface area (Å²) in [5.74, 6) is -0.456. The van der Waals surface area contributed by atoms with Crippen molar-refractivity contribution in [2.75, 3.05) is 48.4 Å². The molecule has 0 aliphatic rings. The normalized spacial score (nSPS) is 13.2.